The third-order valence-electron chi connectivity index (χ3n) is 4.50. The van der Waals surface area contributed by atoms with E-state index in [1.54, 1.807) is 4.90 Å². The topological polar surface area (TPSA) is 70.5 Å². The summed E-state index contributed by atoms with van der Waals surface area (Å²) in [6.45, 7) is 1.87. The molecule has 1 aromatic carbocycles. The van der Waals surface area contributed by atoms with Crippen molar-refractivity contribution in [2.24, 2.45) is 7.05 Å². The molecule has 2 heterocycles. The molecule has 1 saturated heterocycles. The predicted octanol–water partition coefficient (Wildman–Crippen LogP) is 1.52. The first-order valence-electron chi connectivity index (χ1n) is 8.72. The second-order valence-corrected chi connectivity index (χ2v) is 6.45. The summed E-state index contributed by atoms with van der Waals surface area (Å²) in [6, 6.07) is 9.79. The molecule has 28 heavy (non-hydrogen) atoms. The van der Waals surface area contributed by atoms with E-state index in [0.717, 1.165) is 16.6 Å². The second kappa shape index (κ2) is 7.91. The fraction of sp³-hybridized carbons (Fsp3) is 0.389. The van der Waals surface area contributed by atoms with Gasteiger partial charge in [-0.3, -0.25) is 14.3 Å². The first-order valence-corrected chi connectivity index (χ1v) is 8.72. The SMILES string of the molecule is Cn1cc(C(=O)NCC(=O)N2CCN(c3ccccc3)CC2)c(C(F)(F)F)n1. The average Bonchev–Trinajstić information content (AvgIpc) is 3.09. The Labute approximate surface area is 159 Å². The van der Waals surface area contributed by atoms with Crippen LogP contribution >= 0.6 is 0 Å². The molecular formula is C18H20F3N5O2. The number of rotatable bonds is 4. The van der Waals surface area contributed by atoms with Crippen molar-refractivity contribution < 1.29 is 22.8 Å². The first-order chi connectivity index (χ1) is 13.3. The Hall–Kier alpha value is -3.04. The average molecular weight is 395 g/mol. The van der Waals surface area contributed by atoms with Gasteiger partial charge in [-0.2, -0.15) is 18.3 Å². The molecule has 1 N–H and O–H groups in total. The van der Waals surface area contributed by atoms with E-state index >= 15 is 0 Å². The molecule has 0 bridgehead atoms. The predicted molar refractivity (Wildman–Crippen MR) is 95.8 cm³/mol. The number of amides is 2. The Balaban J connectivity index is 1.53. The third kappa shape index (κ3) is 4.44. The minimum Gasteiger partial charge on any atom is -0.368 e. The smallest absolute Gasteiger partial charge is 0.368 e. The quantitative estimate of drug-likeness (QED) is 0.852. The molecule has 0 aliphatic carbocycles. The summed E-state index contributed by atoms with van der Waals surface area (Å²) in [5.74, 6) is -1.31. The molecule has 0 spiro atoms. The molecule has 0 unspecified atom stereocenters. The zero-order chi connectivity index (χ0) is 20.3. The van der Waals surface area contributed by atoms with E-state index in [1.165, 1.54) is 7.05 Å². The van der Waals surface area contributed by atoms with E-state index in [4.69, 9.17) is 0 Å². The largest absolute Gasteiger partial charge is 0.435 e. The highest BCUT2D eigenvalue weighted by Gasteiger charge is 2.39. The lowest BCUT2D eigenvalue weighted by molar-refractivity contribution is -0.141. The van der Waals surface area contributed by atoms with Crippen molar-refractivity contribution in [2.75, 3.05) is 37.6 Å². The van der Waals surface area contributed by atoms with Crippen LogP contribution in [0, 0.1) is 0 Å². The maximum atomic E-state index is 13.0. The first kappa shape index (κ1) is 19.7. The number of halogens is 3. The number of alkyl halides is 3. The van der Waals surface area contributed by atoms with Crippen LogP contribution in [0.15, 0.2) is 36.5 Å². The van der Waals surface area contributed by atoms with Crippen molar-refractivity contribution >= 4 is 17.5 Å². The van der Waals surface area contributed by atoms with Gasteiger partial charge in [0.25, 0.3) is 5.91 Å². The zero-order valence-electron chi connectivity index (χ0n) is 15.2. The highest BCUT2D eigenvalue weighted by molar-refractivity contribution is 5.97. The van der Waals surface area contributed by atoms with Gasteiger partial charge < -0.3 is 15.1 Å². The molecule has 3 rings (SSSR count). The van der Waals surface area contributed by atoms with Crippen LogP contribution in [0.1, 0.15) is 16.1 Å². The maximum Gasteiger partial charge on any atom is 0.435 e. The number of carbonyl (C=O) groups is 2. The molecule has 1 aliphatic heterocycles. The highest BCUT2D eigenvalue weighted by atomic mass is 19.4. The van der Waals surface area contributed by atoms with Crippen molar-refractivity contribution in [1.82, 2.24) is 20.0 Å². The van der Waals surface area contributed by atoms with Crippen LogP contribution in [-0.2, 0) is 18.0 Å². The number of nitrogens with zero attached hydrogens (tertiary/aromatic N) is 4. The normalized spacial score (nSPS) is 14.9. The van der Waals surface area contributed by atoms with Gasteiger partial charge in [0, 0.05) is 45.1 Å². The maximum absolute atomic E-state index is 13.0. The van der Waals surface area contributed by atoms with Gasteiger partial charge in [-0.15, -0.1) is 0 Å². The molecule has 0 radical (unpaired) electrons. The summed E-state index contributed by atoms with van der Waals surface area (Å²) in [6.07, 6.45) is -3.76. The number of aryl methyl sites for hydroxylation is 1. The number of piperazine rings is 1. The Morgan fingerprint density at radius 3 is 2.36 bits per heavy atom. The Bertz CT molecular complexity index is 843. The number of hydrogen-bond acceptors (Lipinski definition) is 4. The summed E-state index contributed by atoms with van der Waals surface area (Å²) in [5, 5.41) is 5.55. The number of aromatic nitrogens is 2. The van der Waals surface area contributed by atoms with E-state index in [0.29, 0.717) is 26.2 Å². The molecule has 10 heteroatoms. The standard InChI is InChI=1S/C18H20F3N5O2/c1-24-12-14(16(23-24)18(19,20)21)17(28)22-11-15(27)26-9-7-25(8-10-26)13-5-3-2-4-6-13/h2-6,12H,7-11H2,1H3,(H,22,28). The molecule has 1 aliphatic rings. The summed E-state index contributed by atoms with van der Waals surface area (Å²) < 4.78 is 39.8. The molecule has 0 atom stereocenters. The van der Waals surface area contributed by atoms with Crippen LogP contribution in [0.3, 0.4) is 0 Å². The van der Waals surface area contributed by atoms with Gasteiger partial charge in [0.2, 0.25) is 5.91 Å². The minimum atomic E-state index is -4.74. The van der Waals surface area contributed by atoms with E-state index in [2.05, 4.69) is 15.3 Å². The van der Waals surface area contributed by atoms with Crippen LogP contribution in [0.2, 0.25) is 0 Å². The second-order valence-electron chi connectivity index (χ2n) is 6.45. The van der Waals surface area contributed by atoms with Crippen molar-refractivity contribution in [3.8, 4) is 0 Å². The molecule has 2 aromatic rings. The van der Waals surface area contributed by atoms with Crippen molar-refractivity contribution in [3.05, 3.63) is 47.8 Å². The number of hydrogen-bond donors (Lipinski definition) is 1. The van der Waals surface area contributed by atoms with Crippen LogP contribution in [0.25, 0.3) is 0 Å². The number of para-hydroxylation sites is 1. The molecular weight excluding hydrogens is 375 g/mol. The van der Waals surface area contributed by atoms with Crippen molar-refractivity contribution in [3.63, 3.8) is 0 Å². The minimum absolute atomic E-state index is 0.335. The lowest BCUT2D eigenvalue weighted by Crippen LogP contribution is -2.51. The number of carbonyl (C=O) groups excluding carboxylic acids is 2. The van der Waals surface area contributed by atoms with E-state index in [9.17, 15) is 22.8 Å². The van der Waals surface area contributed by atoms with E-state index in [-0.39, 0.29) is 12.5 Å². The van der Waals surface area contributed by atoms with Crippen molar-refractivity contribution in [2.45, 2.75) is 6.18 Å². The van der Waals surface area contributed by atoms with Crippen molar-refractivity contribution in [1.29, 1.82) is 0 Å². The van der Waals surface area contributed by atoms with Crippen LogP contribution in [-0.4, -0.2) is 59.2 Å². The molecule has 1 aromatic heterocycles. The molecule has 150 valence electrons. The third-order valence-corrected chi connectivity index (χ3v) is 4.50. The molecule has 1 fully saturated rings. The number of anilines is 1. The van der Waals surface area contributed by atoms with Gasteiger partial charge in [-0.1, -0.05) is 18.2 Å². The summed E-state index contributed by atoms with van der Waals surface area (Å²) in [7, 11) is 1.30. The fourth-order valence-corrected chi connectivity index (χ4v) is 3.08. The van der Waals surface area contributed by atoms with Gasteiger partial charge in [-0.25, -0.2) is 0 Å². The lowest BCUT2D eigenvalue weighted by atomic mass is 10.2. The summed E-state index contributed by atoms with van der Waals surface area (Å²) >= 11 is 0. The van der Waals surface area contributed by atoms with Gasteiger partial charge in [0.05, 0.1) is 12.1 Å². The lowest BCUT2D eigenvalue weighted by Gasteiger charge is -2.36. The Morgan fingerprint density at radius 2 is 1.75 bits per heavy atom. The van der Waals surface area contributed by atoms with Gasteiger partial charge in [0.1, 0.15) is 0 Å². The number of benzene rings is 1. The molecule has 2 amide bonds. The Kier molecular flexibility index (Phi) is 5.57. The van der Waals surface area contributed by atoms with Gasteiger partial charge in [0.15, 0.2) is 5.69 Å². The van der Waals surface area contributed by atoms with Crippen LogP contribution < -0.4 is 10.2 Å². The highest BCUT2D eigenvalue weighted by Crippen LogP contribution is 2.30. The van der Waals surface area contributed by atoms with Crippen LogP contribution in [0.5, 0.6) is 0 Å². The monoisotopic (exact) mass is 395 g/mol. The van der Waals surface area contributed by atoms with E-state index < -0.39 is 23.3 Å². The Morgan fingerprint density at radius 1 is 1.11 bits per heavy atom. The number of nitrogens with one attached hydrogen (secondary N) is 1. The van der Waals surface area contributed by atoms with Gasteiger partial charge >= 0.3 is 6.18 Å². The van der Waals surface area contributed by atoms with E-state index in [1.807, 2.05) is 30.3 Å². The summed E-state index contributed by atoms with van der Waals surface area (Å²) in [4.78, 5) is 28.2. The molecule has 7 nitrogen and oxygen atoms in total. The molecule has 0 saturated carbocycles. The fourth-order valence-electron chi connectivity index (χ4n) is 3.08. The van der Waals surface area contributed by atoms with Gasteiger partial charge in [-0.05, 0) is 12.1 Å². The summed E-state index contributed by atoms with van der Waals surface area (Å²) in [5.41, 5.74) is -0.799. The van der Waals surface area contributed by atoms with Crippen LogP contribution in [0.4, 0.5) is 18.9 Å². The zero-order valence-corrected chi connectivity index (χ0v) is 15.2.